The maximum atomic E-state index is 12.4. The maximum absolute atomic E-state index is 12.4. The Bertz CT molecular complexity index is 636. The minimum absolute atomic E-state index is 0.138. The topological polar surface area (TPSA) is 39.2 Å². The van der Waals surface area contributed by atoms with Crippen molar-refractivity contribution in [3.05, 3.63) is 58.2 Å². The highest BCUT2D eigenvalue weighted by Gasteiger charge is 2.13. The van der Waals surface area contributed by atoms with E-state index >= 15 is 0 Å². The zero-order valence-corrected chi connectivity index (χ0v) is 13.1. The van der Waals surface area contributed by atoms with Crippen LogP contribution in [0.5, 0.6) is 5.88 Å². The molecule has 2 rings (SSSR count). The lowest BCUT2D eigenvalue weighted by Crippen LogP contribution is -2.05. The van der Waals surface area contributed by atoms with Gasteiger partial charge in [-0.05, 0) is 30.0 Å². The molecule has 0 aliphatic heterocycles. The third-order valence-corrected chi connectivity index (χ3v) is 3.39. The number of methoxy groups -OCH3 is 1. The average Bonchev–Trinajstić information content (AvgIpc) is 2.47. The van der Waals surface area contributed by atoms with Crippen molar-refractivity contribution in [3.63, 3.8) is 0 Å². The monoisotopic (exact) mass is 303 g/mol. The Morgan fingerprint density at radius 2 is 1.86 bits per heavy atom. The number of pyridine rings is 1. The van der Waals surface area contributed by atoms with Crippen molar-refractivity contribution in [1.29, 1.82) is 0 Å². The fourth-order valence-corrected chi connectivity index (χ4v) is 2.29. The SMILES string of the molecule is COc1nc(C(=O)c2ccc(CC(C)C)cc2)ccc1Cl. The van der Waals surface area contributed by atoms with Crippen LogP contribution >= 0.6 is 11.6 Å². The number of hydrogen-bond acceptors (Lipinski definition) is 3. The van der Waals surface area contributed by atoms with E-state index in [-0.39, 0.29) is 11.7 Å². The second-order valence-electron chi connectivity index (χ2n) is 5.31. The molecule has 0 saturated carbocycles. The third kappa shape index (κ3) is 3.82. The van der Waals surface area contributed by atoms with Gasteiger partial charge in [-0.1, -0.05) is 49.7 Å². The van der Waals surface area contributed by atoms with Crippen LogP contribution in [-0.4, -0.2) is 17.9 Å². The number of rotatable bonds is 5. The summed E-state index contributed by atoms with van der Waals surface area (Å²) in [5.41, 5.74) is 2.16. The molecular weight excluding hydrogens is 286 g/mol. The summed E-state index contributed by atoms with van der Waals surface area (Å²) in [5, 5.41) is 0.390. The van der Waals surface area contributed by atoms with Crippen LogP contribution in [0.1, 0.15) is 35.5 Å². The van der Waals surface area contributed by atoms with E-state index in [1.807, 2.05) is 24.3 Å². The van der Waals surface area contributed by atoms with E-state index in [1.165, 1.54) is 12.7 Å². The predicted octanol–water partition coefficient (Wildman–Crippen LogP) is 4.17. The summed E-state index contributed by atoms with van der Waals surface area (Å²) in [6.07, 6.45) is 1.00. The molecule has 0 N–H and O–H groups in total. The summed E-state index contributed by atoms with van der Waals surface area (Å²) >= 11 is 5.92. The molecule has 1 aromatic heterocycles. The molecule has 0 amide bonds. The molecule has 21 heavy (non-hydrogen) atoms. The summed E-state index contributed by atoms with van der Waals surface area (Å²) in [5.74, 6) is 0.716. The van der Waals surface area contributed by atoms with E-state index in [4.69, 9.17) is 16.3 Å². The second-order valence-corrected chi connectivity index (χ2v) is 5.72. The van der Waals surface area contributed by atoms with Gasteiger partial charge in [0.2, 0.25) is 11.7 Å². The number of ether oxygens (including phenoxy) is 1. The number of nitrogens with zero attached hydrogens (tertiary/aromatic N) is 1. The Morgan fingerprint density at radius 3 is 2.43 bits per heavy atom. The lowest BCUT2D eigenvalue weighted by Gasteiger charge is -2.07. The van der Waals surface area contributed by atoms with E-state index in [1.54, 1.807) is 12.1 Å². The first-order valence-corrected chi connectivity index (χ1v) is 7.23. The molecule has 1 heterocycles. The molecule has 4 heteroatoms. The Labute approximate surface area is 129 Å². The summed E-state index contributed by atoms with van der Waals surface area (Å²) in [6.45, 7) is 4.34. The van der Waals surface area contributed by atoms with Crippen LogP contribution in [-0.2, 0) is 6.42 Å². The molecule has 0 spiro atoms. The highest BCUT2D eigenvalue weighted by Crippen LogP contribution is 2.22. The van der Waals surface area contributed by atoms with E-state index in [9.17, 15) is 4.79 Å². The summed E-state index contributed by atoms with van der Waals surface area (Å²) in [7, 11) is 1.48. The quantitative estimate of drug-likeness (QED) is 0.778. The highest BCUT2D eigenvalue weighted by molar-refractivity contribution is 6.31. The average molecular weight is 304 g/mol. The Hall–Kier alpha value is -1.87. The molecule has 1 aromatic carbocycles. The van der Waals surface area contributed by atoms with Crippen LogP contribution in [0.3, 0.4) is 0 Å². The van der Waals surface area contributed by atoms with Crippen LogP contribution in [0.15, 0.2) is 36.4 Å². The van der Waals surface area contributed by atoms with Crippen LogP contribution in [0.25, 0.3) is 0 Å². The standard InChI is InChI=1S/C17H18ClNO2/c1-11(2)10-12-4-6-13(7-5-12)16(20)15-9-8-14(18)17(19-15)21-3/h4-9,11H,10H2,1-3H3. The maximum Gasteiger partial charge on any atom is 0.232 e. The minimum Gasteiger partial charge on any atom is -0.480 e. The largest absolute Gasteiger partial charge is 0.480 e. The summed E-state index contributed by atoms with van der Waals surface area (Å²) in [4.78, 5) is 16.5. The first-order chi connectivity index (χ1) is 10.0. The van der Waals surface area contributed by atoms with Gasteiger partial charge in [0.25, 0.3) is 0 Å². The van der Waals surface area contributed by atoms with Gasteiger partial charge < -0.3 is 4.74 Å². The van der Waals surface area contributed by atoms with Gasteiger partial charge in [-0.25, -0.2) is 4.98 Å². The zero-order valence-electron chi connectivity index (χ0n) is 12.4. The van der Waals surface area contributed by atoms with Gasteiger partial charge in [0, 0.05) is 5.56 Å². The number of hydrogen-bond donors (Lipinski definition) is 0. The number of halogens is 1. The summed E-state index contributed by atoms with van der Waals surface area (Å²) < 4.78 is 5.04. The molecule has 0 radical (unpaired) electrons. The van der Waals surface area contributed by atoms with Gasteiger partial charge in [0.05, 0.1) is 7.11 Å². The number of carbonyl (C=O) groups excluding carboxylic acids is 1. The first kappa shape index (κ1) is 15.5. The minimum atomic E-state index is -0.138. The fraction of sp³-hybridized carbons (Fsp3) is 0.294. The van der Waals surface area contributed by atoms with Crippen molar-refractivity contribution in [3.8, 4) is 5.88 Å². The van der Waals surface area contributed by atoms with E-state index < -0.39 is 0 Å². The molecule has 0 aliphatic rings. The molecule has 0 fully saturated rings. The van der Waals surface area contributed by atoms with Gasteiger partial charge >= 0.3 is 0 Å². The first-order valence-electron chi connectivity index (χ1n) is 6.85. The number of benzene rings is 1. The normalized spacial score (nSPS) is 10.7. The molecule has 2 aromatic rings. The van der Waals surface area contributed by atoms with Crippen molar-refractivity contribution in [2.45, 2.75) is 20.3 Å². The Kier molecular flexibility index (Phi) is 4.97. The molecule has 0 saturated heterocycles. The van der Waals surface area contributed by atoms with E-state index in [0.29, 0.717) is 22.2 Å². The van der Waals surface area contributed by atoms with Crippen LogP contribution < -0.4 is 4.74 Å². The number of carbonyl (C=O) groups is 1. The van der Waals surface area contributed by atoms with Crippen molar-refractivity contribution in [1.82, 2.24) is 4.98 Å². The summed E-state index contributed by atoms with van der Waals surface area (Å²) in [6, 6.07) is 10.9. The van der Waals surface area contributed by atoms with Crippen LogP contribution in [0, 0.1) is 5.92 Å². The molecule has 0 aliphatic carbocycles. The smallest absolute Gasteiger partial charge is 0.232 e. The lowest BCUT2D eigenvalue weighted by atomic mass is 10.00. The number of ketones is 1. The Balaban J connectivity index is 2.23. The van der Waals surface area contributed by atoms with Crippen molar-refractivity contribution in [2.75, 3.05) is 7.11 Å². The zero-order chi connectivity index (χ0) is 15.4. The van der Waals surface area contributed by atoms with Crippen LogP contribution in [0.2, 0.25) is 5.02 Å². The van der Waals surface area contributed by atoms with Gasteiger partial charge in [0.15, 0.2) is 0 Å². The molecular formula is C17H18ClNO2. The molecule has 3 nitrogen and oxygen atoms in total. The molecule has 0 bridgehead atoms. The fourth-order valence-electron chi connectivity index (χ4n) is 2.10. The van der Waals surface area contributed by atoms with Gasteiger partial charge in [-0.3, -0.25) is 4.79 Å². The van der Waals surface area contributed by atoms with Gasteiger partial charge in [-0.2, -0.15) is 0 Å². The van der Waals surface area contributed by atoms with E-state index in [0.717, 1.165) is 6.42 Å². The molecule has 0 unspecified atom stereocenters. The molecule has 110 valence electrons. The van der Waals surface area contributed by atoms with Crippen LogP contribution in [0.4, 0.5) is 0 Å². The highest BCUT2D eigenvalue weighted by atomic mass is 35.5. The lowest BCUT2D eigenvalue weighted by molar-refractivity contribution is 0.103. The molecule has 0 atom stereocenters. The van der Waals surface area contributed by atoms with Crippen molar-refractivity contribution in [2.24, 2.45) is 5.92 Å². The van der Waals surface area contributed by atoms with Crippen molar-refractivity contribution < 1.29 is 9.53 Å². The Morgan fingerprint density at radius 1 is 1.19 bits per heavy atom. The van der Waals surface area contributed by atoms with Gasteiger partial charge in [0.1, 0.15) is 10.7 Å². The van der Waals surface area contributed by atoms with Gasteiger partial charge in [-0.15, -0.1) is 0 Å². The van der Waals surface area contributed by atoms with E-state index in [2.05, 4.69) is 18.8 Å². The predicted molar refractivity (Wildman–Crippen MR) is 84.2 cm³/mol. The third-order valence-electron chi connectivity index (χ3n) is 3.10. The van der Waals surface area contributed by atoms with Crippen molar-refractivity contribution >= 4 is 17.4 Å². The second kappa shape index (κ2) is 6.72. The number of aromatic nitrogens is 1.